The van der Waals surface area contributed by atoms with E-state index in [-0.39, 0.29) is 11.9 Å². The first-order valence-corrected chi connectivity index (χ1v) is 8.62. The smallest absolute Gasteiger partial charge is 0.212 e. The maximum absolute atomic E-state index is 13.1. The Hall–Kier alpha value is -1.72. The monoisotopic (exact) mass is 305 g/mol. The number of hydrogen-bond donors (Lipinski definition) is 0. The van der Waals surface area contributed by atoms with Crippen LogP contribution in [0.5, 0.6) is 0 Å². The first-order valence-electron chi connectivity index (χ1n) is 6.77. The summed E-state index contributed by atoms with van der Waals surface area (Å²) >= 11 is 0. The Labute approximate surface area is 124 Å². The highest BCUT2D eigenvalue weighted by molar-refractivity contribution is 7.88. The number of sulfonamides is 1. The Bertz CT molecular complexity index is 756. The molecule has 3 rings (SSSR count). The fourth-order valence-corrected chi connectivity index (χ4v) is 3.93. The Balaban J connectivity index is 2.16. The number of benzene rings is 2. The van der Waals surface area contributed by atoms with Crippen LogP contribution in [0, 0.1) is 5.82 Å². The van der Waals surface area contributed by atoms with Crippen molar-refractivity contribution in [2.24, 2.45) is 0 Å². The lowest BCUT2D eigenvalue weighted by molar-refractivity contribution is 0.346. The predicted molar refractivity (Wildman–Crippen MR) is 79.9 cm³/mol. The molecule has 0 fully saturated rings. The number of halogens is 1. The van der Waals surface area contributed by atoms with Crippen molar-refractivity contribution in [2.45, 2.75) is 12.5 Å². The first kappa shape index (κ1) is 14.2. The van der Waals surface area contributed by atoms with E-state index in [1.807, 2.05) is 24.3 Å². The lowest BCUT2D eigenvalue weighted by atomic mass is 9.90. The lowest BCUT2D eigenvalue weighted by Gasteiger charge is -2.35. The molecule has 0 N–H and O–H groups in total. The van der Waals surface area contributed by atoms with Crippen LogP contribution >= 0.6 is 0 Å². The molecule has 21 heavy (non-hydrogen) atoms. The molecule has 0 spiro atoms. The molecule has 0 saturated carbocycles. The molecule has 2 aromatic rings. The average molecular weight is 305 g/mol. The van der Waals surface area contributed by atoms with Gasteiger partial charge in [-0.15, -0.1) is 0 Å². The number of nitrogens with zero attached hydrogens (tertiary/aromatic N) is 1. The van der Waals surface area contributed by atoms with E-state index >= 15 is 0 Å². The van der Waals surface area contributed by atoms with Gasteiger partial charge in [0.05, 0.1) is 12.3 Å². The summed E-state index contributed by atoms with van der Waals surface area (Å²) in [6.45, 7) is 0.442. The summed E-state index contributed by atoms with van der Waals surface area (Å²) in [4.78, 5) is 0. The topological polar surface area (TPSA) is 37.4 Å². The van der Waals surface area contributed by atoms with E-state index in [1.165, 1.54) is 22.7 Å². The van der Waals surface area contributed by atoms with Crippen molar-refractivity contribution in [1.82, 2.24) is 4.31 Å². The van der Waals surface area contributed by atoms with Gasteiger partial charge in [0.1, 0.15) is 5.82 Å². The van der Waals surface area contributed by atoms with Crippen LogP contribution < -0.4 is 0 Å². The molecule has 1 heterocycles. The van der Waals surface area contributed by atoms with Crippen molar-refractivity contribution in [1.29, 1.82) is 0 Å². The van der Waals surface area contributed by atoms with Crippen LogP contribution in [0.1, 0.15) is 22.7 Å². The SMILES string of the molecule is CS(=O)(=O)N1CCc2ccccc2[C@@H]1c1ccc(F)cc1. The van der Waals surface area contributed by atoms with E-state index in [0.29, 0.717) is 13.0 Å². The molecular formula is C16H16FNO2S. The van der Waals surface area contributed by atoms with Crippen molar-refractivity contribution >= 4 is 10.0 Å². The summed E-state index contributed by atoms with van der Waals surface area (Å²) in [7, 11) is -3.34. The van der Waals surface area contributed by atoms with Crippen molar-refractivity contribution in [2.75, 3.05) is 12.8 Å². The van der Waals surface area contributed by atoms with Gasteiger partial charge < -0.3 is 0 Å². The van der Waals surface area contributed by atoms with Crippen LogP contribution in [0.4, 0.5) is 4.39 Å². The molecule has 1 atom stereocenters. The van der Waals surface area contributed by atoms with Gasteiger partial charge >= 0.3 is 0 Å². The molecule has 5 heteroatoms. The average Bonchev–Trinajstić information content (AvgIpc) is 2.46. The molecule has 1 aliphatic heterocycles. The summed E-state index contributed by atoms with van der Waals surface area (Å²) in [6, 6.07) is 13.5. The fraction of sp³-hybridized carbons (Fsp3) is 0.250. The highest BCUT2D eigenvalue weighted by Gasteiger charge is 2.33. The third-order valence-corrected chi connectivity index (χ3v) is 5.10. The molecule has 1 aliphatic rings. The second kappa shape index (κ2) is 5.24. The Morgan fingerprint density at radius 1 is 1.10 bits per heavy atom. The van der Waals surface area contributed by atoms with Crippen LogP contribution in [-0.2, 0) is 16.4 Å². The van der Waals surface area contributed by atoms with Crippen LogP contribution in [0.25, 0.3) is 0 Å². The Morgan fingerprint density at radius 2 is 1.76 bits per heavy atom. The molecule has 0 aliphatic carbocycles. The van der Waals surface area contributed by atoms with Crippen LogP contribution in [0.2, 0.25) is 0 Å². The maximum atomic E-state index is 13.1. The van der Waals surface area contributed by atoms with Crippen LogP contribution in [-0.4, -0.2) is 25.5 Å². The minimum absolute atomic E-state index is 0.325. The maximum Gasteiger partial charge on any atom is 0.212 e. The van der Waals surface area contributed by atoms with Gasteiger partial charge in [-0.25, -0.2) is 12.8 Å². The normalized spacial score (nSPS) is 19.2. The molecule has 0 unspecified atom stereocenters. The van der Waals surface area contributed by atoms with E-state index in [2.05, 4.69) is 0 Å². The van der Waals surface area contributed by atoms with E-state index < -0.39 is 10.0 Å². The zero-order valence-corrected chi connectivity index (χ0v) is 12.5. The molecule has 0 aromatic heterocycles. The number of fused-ring (bicyclic) bond motifs is 1. The van der Waals surface area contributed by atoms with Gasteiger partial charge in [0.25, 0.3) is 0 Å². The Kier molecular flexibility index (Phi) is 3.55. The van der Waals surface area contributed by atoms with Gasteiger partial charge in [0.15, 0.2) is 0 Å². The van der Waals surface area contributed by atoms with Crippen LogP contribution in [0.15, 0.2) is 48.5 Å². The van der Waals surface area contributed by atoms with Crippen molar-refractivity contribution in [3.05, 3.63) is 71.0 Å². The molecule has 0 radical (unpaired) electrons. The van der Waals surface area contributed by atoms with Gasteiger partial charge in [-0.2, -0.15) is 4.31 Å². The van der Waals surface area contributed by atoms with Crippen molar-refractivity contribution in [3.8, 4) is 0 Å². The van der Waals surface area contributed by atoms with E-state index in [4.69, 9.17) is 0 Å². The second-order valence-corrected chi connectivity index (χ2v) is 7.21. The second-order valence-electron chi connectivity index (χ2n) is 5.28. The molecule has 0 amide bonds. The largest absolute Gasteiger partial charge is 0.212 e. The van der Waals surface area contributed by atoms with E-state index in [1.54, 1.807) is 12.1 Å². The fourth-order valence-electron chi connectivity index (χ4n) is 2.89. The zero-order valence-electron chi connectivity index (χ0n) is 11.7. The zero-order chi connectivity index (χ0) is 15.0. The third-order valence-electron chi connectivity index (χ3n) is 3.85. The van der Waals surface area contributed by atoms with Gasteiger partial charge in [-0.05, 0) is 35.2 Å². The summed E-state index contributed by atoms with van der Waals surface area (Å²) < 4.78 is 38.8. The highest BCUT2D eigenvalue weighted by atomic mass is 32.2. The van der Waals surface area contributed by atoms with Gasteiger partial charge in [-0.3, -0.25) is 0 Å². The summed E-state index contributed by atoms with van der Waals surface area (Å²) in [5.41, 5.74) is 2.90. The van der Waals surface area contributed by atoms with E-state index in [0.717, 1.165) is 16.7 Å². The molecule has 2 aromatic carbocycles. The minimum atomic E-state index is -3.34. The third kappa shape index (κ3) is 2.71. The predicted octanol–water partition coefficient (Wildman–Crippen LogP) is 2.73. The first-order chi connectivity index (χ1) is 9.97. The van der Waals surface area contributed by atoms with E-state index in [9.17, 15) is 12.8 Å². The van der Waals surface area contributed by atoms with Gasteiger partial charge in [-0.1, -0.05) is 36.4 Å². The minimum Gasteiger partial charge on any atom is -0.212 e. The molecular weight excluding hydrogens is 289 g/mol. The summed E-state index contributed by atoms with van der Waals surface area (Å²) in [5, 5.41) is 0. The highest BCUT2D eigenvalue weighted by Crippen LogP contribution is 2.36. The quantitative estimate of drug-likeness (QED) is 0.855. The van der Waals surface area contributed by atoms with Crippen molar-refractivity contribution < 1.29 is 12.8 Å². The molecule has 0 bridgehead atoms. The molecule has 110 valence electrons. The number of rotatable bonds is 2. The van der Waals surface area contributed by atoms with Crippen molar-refractivity contribution in [3.63, 3.8) is 0 Å². The van der Waals surface area contributed by atoms with Crippen LogP contribution in [0.3, 0.4) is 0 Å². The molecule has 0 saturated heterocycles. The molecule has 3 nitrogen and oxygen atoms in total. The standard InChI is InChI=1S/C16H16FNO2S/c1-21(19,20)18-11-10-12-4-2-3-5-15(12)16(18)13-6-8-14(17)9-7-13/h2-9,16H,10-11H2,1H3/t16-/m0/s1. The number of hydrogen-bond acceptors (Lipinski definition) is 2. The van der Waals surface area contributed by atoms with Gasteiger partial charge in [0.2, 0.25) is 10.0 Å². The Morgan fingerprint density at radius 3 is 2.43 bits per heavy atom. The van der Waals surface area contributed by atoms with Gasteiger partial charge in [0, 0.05) is 6.54 Å². The summed E-state index contributed by atoms with van der Waals surface area (Å²) in [5.74, 6) is -0.325. The lowest BCUT2D eigenvalue weighted by Crippen LogP contribution is -2.39. The summed E-state index contributed by atoms with van der Waals surface area (Å²) in [6.07, 6.45) is 1.92.